The number of hydrogen-bond donors (Lipinski definition) is 1. The Balaban J connectivity index is 2.32. The SMILES string of the molecule is CCOCCCNCCn1c(C)ncc(Br)c1=O. The van der Waals surface area contributed by atoms with Crippen molar-refractivity contribution in [3.8, 4) is 0 Å². The van der Waals surface area contributed by atoms with Crippen LogP contribution in [-0.4, -0.2) is 35.9 Å². The summed E-state index contributed by atoms with van der Waals surface area (Å²) in [4.78, 5) is 16.0. The molecule has 0 aliphatic carbocycles. The third-order valence-electron chi connectivity index (χ3n) is 2.56. The molecule has 18 heavy (non-hydrogen) atoms. The van der Waals surface area contributed by atoms with Crippen molar-refractivity contribution in [2.24, 2.45) is 0 Å². The Labute approximate surface area is 116 Å². The van der Waals surface area contributed by atoms with E-state index in [2.05, 4.69) is 26.2 Å². The van der Waals surface area contributed by atoms with Crippen LogP contribution in [0.1, 0.15) is 19.2 Å². The van der Waals surface area contributed by atoms with E-state index in [9.17, 15) is 4.79 Å². The Morgan fingerprint density at radius 3 is 3.00 bits per heavy atom. The first-order chi connectivity index (χ1) is 8.66. The maximum absolute atomic E-state index is 11.8. The molecule has 1 rings (SSSR count). The van der Waals surface area contributed by atoms with Gasteiger partial charge in [-0.05, 0) is 42.7 Å². The average molecular weight is 318 g/mol. The van der Waals surface area contributed by atoms with Gasteiger partial charge in [0.15, 0.2) is 0 Å². The molecule has 6 heteroatoms. The Morgan fingerprint density at radius 2 is 2.28 bits per heavy atom. The highest BCUT2D eigenvalue weighted by Gasteiger charge is 2.04. The molecule has 0 aromatic carbocycles. The molecule has 0 aliphatic heterocycles. The summed E-state index contributed by atoms with van der Waals surface area (Å²) in [7, 11) is 0. The number of aryl methyl sites for hydroxylation is 1. The summed E-state index contributed by atoms with van der Waals surface area (Å²) in [5.74, 6) is 0.735. The molecular formula is C12H20BrN3O2. The van der Waals surface area contributed by atoms with Crippen molar-refractivity contribution >= 4 is 15.9 Å². The van der Waals surface area contributed by atoms with Crippen molar-refractivity contribution in [2.45, 2.75) is 26.8 Å². The highest BCUT2D eigenvalue weighted by molar-refractivity contribution is 9.10. The van der Waals surface area contributed by atoms with Crippen molar-refractivity contribution < 1.29 is 4.74 Å². The molecule has 0 aliphatic rings. The molecule has 1 N–H and O–H groups in total. The first kappa shape index (κ1) is 15.3. The minimum absolute atomic E-state index is 0.0291. The summed E-state index contributed by atoms with van der Waals surface area (Å²) >= 11 is 3.20. The van der Waals surface area contributed by atoms with Gasteiger partial charge < -0.3 is 10.1 Å². The van der Waals surface area contributed by atoms with Crippen LogP contribution >= 0.6 is 15.9 Å². The van der Waals surface area contributed by atoms with Gasteiger partial charge in [-0.2, -0.15) is 0 Å². The zero-order valence-electron chi connectivity index (χ0n) is 10.9. The van der Waals surface area contributed by atoms with E-state index in [1.54, 1.807) is 10.8 Å². The third kappa shape index (κ3) is 4.88. The van der Waals surface area contributed by atoms with Crippen LogP contribution in [0.15, 0.2) is 15.5 Å². The fourth-order valence-electron chi connectivity index (χ4n) is 1.57. The van der Waals surface area contributed by atoms with Crippen LogP contribution in [0.4, 0.5) is 0 Å². The van der Waals surface area contributed by atoms with Gasteiger partial charge in [-0.15, -0.1) is 0 Å². The van der Waals surface area contributed by atoms with Crippen LogP contribution in [0.3, 0.4) is 0 Å². The van der Waals surface area contributed by atoms with Gasteiger partial charge in [0.05, 0.1) is 0 Å². The van der Waals surface area contributed by atoms with E-state index >= 15 is 0 Å². The van der Waals surface area contributed by atoms with Crippen LogP contribution in [0.25, 0.3) is 0 Å². The molecule has 1 aromatic rings. The molecule has 0 saturated carbocycles. The molecular weight excluding hydrogens is 298 g/mol. The highest BCUT2D eigenvalue weighted by Crippen LogP contribution is 2.00. The second-order valence-electron chi connectivity index (χ2n) is 3.91. The van der Waals surface area contributed by atoms with Gasteiger partial charge in [-0.25, -0.2) is 4.98 Å². The van der Waals surface area contributed by atoms with Crippen molar-refractivity contribution in [1.82, 2.24) is 14.9 Å². The van der Waals surface area contributed by atoms with E-state index in [0.717, 1.165) is 38.5 Å². The molecule has 102 valence electrons. The molecule has 0 atom stereocenters. The number of hydrogen-bond acceptors (Lipinski definition) is 4. The number of halogens is 1. The average Bonchev–Trinajstić information content (AvgIpc) is 2.36. The van der Waals surface area contributed by atoms with Gasteiger partial charge >= 0.3 is 0 Å². The molecule has 0 spiro atoms. The normalized spacial score (nSPS) is 10.8. The number of aromatic nitrogens is 2. The van der Waals surface area contributed by atoms with Crippen molar-refractivity contribution in [3.63, 3.8) is 0 Å². The molecule has 0 unspecified atom stereocenters. The second kappa shape index (κ2) is 8.39. The van der Waals surface area contributed by atoms with Crippen molar-refractivity contribution in [3.05, 3.63) is 26.8 Å². The minimum Gasteiger partial charge on any atom is -0.382 e. The van der Waals surface area contributed by atoms with E-state index in [1.807, 2.05) is 13.8 Å². The van der Waals surface area contributed by atoms with Gasteiger partial charge in [0.2, 0.25) is 0 Å². The van der Waals surface area contributed by atoms with E-state index in [4.69, 9.17) is 4.74 Å². The van der Waals surface area contributed by atoms with E-state index in [1.165, 1.54) is 0 Å². The Kier molecular flexibility index (Phi) is 7.15. The molecule has 0 bridgehead atoms. The molecule has 1 aromatic heterocycles. The zero-order chi connectivity index (χ0) is 13.4. The quantitative estimate of drug-likeness (QED) is 0.735. The summed E-state index contributed by atoms with van der Waals surface area (Å²) in [5, 5.41) is 3.28. The van der Waals surface area contributed by atoms with E-state index in [-0.39, 0.29) is 5.56 Å². The summed E-state index contributed by atoms with van der Waals surface area (Å²) in [5.41, 5.74) is -0.0291. The number of nitrogens with zero attached hydrogens (tertiary/aromatic N) is 2. The van der Waals surface area contributed by atoms with E-state index in [0.29, 0.717) is 11.0 Å². The molecule has 0 fully saturated rings. The van der Waals surface area contributed by atoms with Crippen LogP contribution in [0.5, 0.6) is 0 Å². The molecule has 0 saturated heterocycles. The largest absolute Gasteiger partial charge is 0.382 e. The fourth-order valence-corrected chi connectivity index (χ4v) is 1.89. The topological polar surface area (TPSA) is 56.1 Å². The third-order valence-corrected chi connectivity index (χ3v) is 3.11. The van der Waals surface area contributed by atoms with Crippen molar-refractivity contribution in [2.75, 3.05) is 26.3 Å². The summed E-state index contributed by atoms with van der Waals surface area (Å²) in [6.45, 7) is 7.65. The maximum atomic E-state index is 11.8. The monoisotopic (exact) mass is 317 g/mol. The Hall–Kier alpha value is -0.720. The van der Waals surface area contributed by atoms with Gasteiger partial charge in [0.25, 0.3) is 5.56 Å². The van der Waals surface area contributed by atoms with Crippen LogP contribution < -0.4 is 10.9 Å². The predicted molar refractivity (Wildman–Crippen MR) is 74.9 cm³/mol. The highest BCUT2D eigenvalue weighted by atomic mass is 79.9. The number of ether oxygens (including phenoxy) is 1. The van der Waals surface area contributed by atoms with Crippen molar-refractivity contribution in [1.29, 1.82) is 0 Å². The Morgan fingerprint density at radius 1 is 1.50 bits per heavy atom. The Bertz CT molecular complexity index is 420. The summed E-state index contributed by atoms with van der Waals surface area (Å²) in [6, 6.07) is 0. The first-order valence-electron chi connectivity index (χ1n) is 6.17. The fraction of sp³-hybridized carbons (Fsp3) is 0.667. The summed E-state index contributed by atoms with van der Waals surface area (Å²) in [6.07, 6.45) is 2.53. The molecule has 1 heterocycles. The van der Waals surface area contributed by atoms with E-state index < -0.39 is 0 Å². The van der Waals surface area contributed by atoms with Crippen LogP contribution in [0, 0.1) is 6.92 Å². The summed E-state index contributed by atoms with van der Waals surface area (Å²) < 4.78 is 7.41. The standard InChI is InChI=1S/C12H20BrN3O2/c1-3-18-8-4-5-14-6-7-16-10(2)15-9-11(13)12(16)17/h9,14H,3-8H2,1-2H3. The molecule has 0 radical (unpaired) electrons. The van der Waals surface area contributed by atoms with Crippen LogP contribution in [-0.2, 0) is 11.3 Å². The van der Waals surface area contributed by atoms with Gasteiger partial charge in [0.1, 0.15) is 10.3 Å². The zero-order valence-corrected chi connectivity index (χ0v) is 12.5. The van der Waals surface area contributed by atoms with Crippen LogP contribution in [0.2, 0.25) is 0 Å². The van der Waals surface area contributed by atoms with Gasteiger partial charge in [-0.3, -0.25) is 9.36 Å². The molecule has 0 amide bonds. The lowest BCUT2D eigenvalue weighted by Crippen LogP contribution is -2.30. The molecule has 5 nitrogen and oxygen atoms in total. The first-order valence-corrected chi connectivity index (χ1v) is 6.96. The van der Waals surface area contributed by atoms with Gasteiger partial charge in [-0.1, -0.05) is 0 Å². The minimum atomic E-state index is -0.0291. The second-order valence-corrected chi connectivity index (χ2v) is 4.76. The maximum Gasteiger partial charge on any atom is 0.267 e. The lowest BCUT2D eigenvalue weighted by Gasteiger charge is -2.10. The lowest BCUT2D eigenvalue weighted by molar-refractivity contribution is 0.145. The predicted octanol–water partition coefficient (Wildman–Crippen LogP) is 1.33. The smallest absolute Gasteiger partial charge is 0.267 e. The van der Waals surface area contributed by atoms with Gasteiger partial charge in [0, 0.05) is 32.5 Å². The number of nitrogens with one attached hydrogen (secondary N) is 1. The lowest BCUT2D eigenvalue weighted by atomic mass is 10.4. The number of rotatable bonds is 8.